The minimum absolute atomic E-state index is 0.137. The summed E-state index contributed by atoms with van der Waals surface area (Å²) < 4.78 is 0. The van der Waals surface area contributed by atoms with Gasteiger partial charge >= 0.3 is 5.97 Å². The van der Waals surface area contributed by atoms with Crippen molar-refractivity contribution in [1.82, 2.24) is 0 Å². The van der Waals surface area contributed by atoms with Crippen molar-refractivity contribution in [3.05, 3.63) is 36.5 Å². The zero-order chi connectivity index (χ0) is 12.1. The third kappa shape index (κ3) is 12.7. The number of carboxylic acid groups (broad SMARTS) is 1. The van der Waals surface area contributed by atoms with Crippen LogP contribution in [0, 0.1) is 0 Å². The standard InChI is InChI=1S/C14H22O2/c1-2-3-4-5-6-7-8-9-10-11-12-13-14(15)16/h3-4,6-7,11-12H,2,5,8-10,13H2,1H3,(H,15,16). The summed E-state index contributed by atoms with van der Waals surface area (Å²) in [6, 6.07) is 0. The Labute approximate surface area is 98.4 Å². The van der Waals surface area contributed by atoms with Crippen LogP contribution in [0.3, 0.4) is 0 Å². The molecule has 0 saturated carbocycles. The number of allylic oxidation sites excluding steroid dienone is 5. The Balaban J connectivity index is 3.29. The van der Waals surface area contributed by atoms with Gasteiger partial charge in [0.15, 0.2) is 0 Å². The molecule has 0 aliphatic rings. The molecule has 0 radical (unpaired) electrons. The Hall–Kier alpha value is -1.31. The number of unbranched alkanes of at least 4 members (excludes halogenated alkanes) is 2. The summed E-state index contributed by atoms with van der Waals surface area (Å²) >= 11 is 0. The number of carbonyl (C=O) groups is 1. The normalized spacial score (nSPS) is 12.1. The average Bonchev–Trinajstić information content (AvgIpc) is 2.25. The summed E-state index contributed by atoms with van der Waals surface area (Å²) in [7, 11) is 0. The van der Waals surface area contributed by atoms with Crippen molar-refractivity contribution in [3.63, 3.8) is 0 Å². The van der Waals surface area contributed by atoms with Crippen LogP contribution in [0.25, 0.3) is 0 Å². The van der Waals surface area contributed by atoms with Gasteiger partial charge in [0.1, 0.15) is 0 Å². The fourth-order valence-corrected chi connectivity index (χ4v) is 1.21. The molecule has 1 N–H and O–H groups in total. The van der Waals surface area contributed by atoms with Crippen LogP contribution in [0.2, 0.25) is 0 Å². The van der Waals surface area contributed by atoms with E-state index in [0.29, 0.717) is 0 Å². The number of hydrogen-bond acceptors (Lipinski definition) is 1. The van der Waals surface area contributed by atoms with Crippen molar-refractivity contribution in [2.45, 2.75) is 45.4 Å². The van der Waals surface area contributed by atoms with E-state index in [1.807, 2.05) is 6.08 Å². The van der Waals surface area contributed by atoms with Gasteiger partial charge in [-0.05, 0) is 32.1 Å². The molecule has 90 valence electrons. The van der Waals surface area contributed by atoms with Gasteiger partial charge in [0.05, 0.1) is 6.42 Å². The van der Waals surface area contributed by atoms with E-state index in [2.05, 4.69) is 31.2 Å². The number of carboxylic acids is 1. The van der Waals surface area contributed by atoms with Crippen LogP contribution in [-0.4, -0.2) is 11.1 Å². The molecule has 0 spiro atoms. The largest absolute Gasteiger partial charge is 0.481 e. The quantitative estimate of drug-likeness (QED) is 0.471. The second-order valence-corrected chi connectivity index (χ2v) is 3.59. The van der Waals surface area contributed by atoms with Crippen molar-refractivity contribution in [1.29, 1.82) is 0 Å². The van der Waals surface area contributed by atoms with Crippen molar-refractivity contribution < 1.29 is 9.90 Å². The average molecular weight is 222 g/mol. The third-order valence-electron chi connectivity index (χ3n) is 2.04. The van der Waals surface area contributed by atoms with Crippen molar-refractivity contribution >= 4 is 5.97 Å². The Morgan fingerprint density at radius 2 is 1.62 bits per heavy atom. The Morgan fingerprint density at radius 3 is 2.25 bits per heavy atom. The highest BCUT2D eigenvalue weighted by molar-refractivity contribution is 5.68. The first-order valence-electron chi connectivity index (χ1n) is 5.94. The van der Waals surface area contributed by atoms with Crippen molar-refractivity contribution in [2.75, 3.05) is 0 Å². The molecule has 0 saturated heterocycles. The van der Waals surface area contributed by atoms with Crippen molar-refractivity contribution in [3.8, 4) is 0 Å². The predicted octanol–water partition coefficient (Wildman–Crippen LogP) is 4.10. The Morgan fingerprint density at radius 1 is 1.00 bits per heavy atom. The number of rotatable bonds is 9. The highest BCUT2D eigenvalue weighted by atomic mass is 16.4. The molecule has 0 aliphatic carbocycles. The third-order valence-corrected chi connectivity index (χ3v) is 2.04. The minimum atomic E-state index is -0.765. The molecule has 0 aliphatic heterocycles. The summed E-state index contributed by atoms with van der Waals surface area (Å²) in [4.78, 5) is 10.2. The maximum absolute atomic E-state index is 10.2. The molecule has 0 heterocycles. The lowest BCUT2D eigenvalue weighted by atomic mass is 10.2. The van der Waals surface area contributed by atoms with E-state index in [1.54, 1.807) is 6.08 Å². The van der Waals surface area contributed by atoms with E-state index < -0.39 is 5.97 Å². The lowest BCUT2D eigenvalue weighted by molar-refractivity contribution is -0.136. The zero-order valence-electron chi connectivity index (χ0n) is 10.1. The molecule has 0 rings (SSSR count). The lowest BCUT2D eigenvalue weighted by Crippen LogP contribution is -1.89. The molecule has 2 heteroatoms. The molecular formula is C14H22O2. The maximum atomic E-state index is 10.2. The molecule has 0 aromatic carbocycles. The smallest absolute Gasteiger partial charge is 0.307 e. The van der Waals surface area contributed by atoms with E-state index >= 15 is 0 Å². The first-order valence-corrected chi connectivity index (χ1v) is 5.94. The SMILES string of the molecule is CCC=CCC=CCCCC=CCC(=O)O. The van der Waals surface area contributed by atoms with Gasteiger partial charge in [-0.3, -0.25) is 4.79 Å². The molecule has 0 fully saturated rings. The molecule has 0 atom stereocenters. The maximum Gasteiger partial charge on any atom is 0.307 e. The molecule has 0 unspecified atom stereocenters. The summed E-state index contributed by atoms with van der Waals surface area (Å²) in [5, 5.41) is 8.39. The van der Waals surface area contributed by atoms with Gasteiger partial charge in [-0.2, -0.15) is 0 Å². The zero-order valence-corrected chi connectivity index (χ0v) is 10.1. The van der Waals surface area contributed by atoms with Crippen LogP contribution in [0.5, 0.6) is 0 Å². The topological polar surface area (TPSA) is 37.3 Å². The van der Waals surface area contributed by atoms with Crippen LogP contribution in [-0.2, 0) is 4.79 Å². The first-order chi connectivity index (χ1) is 7.77. The minimum Gasteiger partial charge on any atom is -0.481 e. The van der Waals surface area contributed by atoms with Gasteiger partial charge in [-0.25, -0.2) is 0 Å². The summed E-state index contributed by atoms with van der Waals surface area (Å²) in [6.07, 6.45) is 17.7. The van der Waals surface area contributed by atoms with Gasteiger partial charge in [-0.15, -0.1) is 0 Å². The van der Waals surface area contributed by atoms with E-state index in [9.17, 15) is 4.79 Å². The molecule has 0 aromatic rings. The van der Waals surface area contributed by atoms with E-state index in [-0.39, 0.29) is 6.42 Å². The van der Waals surface area contributed by atoms with Gasteiger partial charge in [0.2, 0.25) is 0 Å². The number of hydrogen-bond donors (Lipinski definition) is 1. The van der Waals surface area contributed by atoms with Gasteiger partial charge in [-0.1, -0.05) is 43.4 Å². The van der Waals surface area contributed by atoms with Crippen molar-refractivity contribution in [2.24, 2.45) is 0 Å². The lowest BCUT2D eigenvalue weighted by Gasteiger charge is -1.90. The molecule has 16 heavy (non-hydrogen) atoms. The molecule has 0 amide bonds. The second-order valence-electron chi connectivity index (χ2n) is 3.59. The highest BCUT2D eigenvalue weighted by Crippen LogP contribution is 2.00. The Bertz CT molecular complexity index is 249. The monoisotopic (exact) mass is 222 g/mol. The second kappa shape index (κ2) is 11.8. The van der Waals surface area contributed by atoms with Gasteiger partial charge in [0.25, 0.3) is 0 Å². The summed E-state index contributed by atoms with van der Waals surface area (Å²) in [6.45, 7) is 2.13. The van der Waals surface area contributed by atoms with Crippen LogP contribution in [0.15, 0.2) is 36.5 Å². The van der Waals surface area contributed by atoms with Crippen LogP contribution in [0.1, 0.15) is 45.4 Å². The molecular weight excluding hydrogens is 200 g/mol. The van der Waals surface area contributed by atoms with Crippen LogP contribution in [0.4, 0.5) is 0 Å². The van der Waals surface area contributed by atoms with E-state index in [0.717, 1.165) is 32.1 Å². The number of aliphatic carboxylic acids is 1. The van der Waals surface area contributed by atoms with Gasteiger partial charge < -0.3 is 5.11 Å². The fraction of sp³-hybridized carbons (Fsp3) is 0.500. The van der Waals surface area contributed by atoms with Crippen LogP contribution < -0.4 is 0 Å². The van der Waals surface area contributed by atoms with Gasteiger partial charge in [0, 0.05) is 0 Å². The molecule has 2 nitrogen and oxygen atoms in total. The fourth-order valence-electron chi connectivity index (χ4n) is 1.21. The van der Waals surface area contributed by atoms with Crippen LogP contribution >= 0.6 is 0 Å². The summed E-state index contributed by atoms with van der Waals surface area (Å²) in [5.41, 5.74) is 0. The summed E-state index contributed by atoms with van der Waals surface area (Å²) in [5.74, 6) is -0.765. The van der Waals surface area contributed by atoms with E-state index in [1.165, 1.54) is 0 Å². The Kier molecular flexibility index (Phi) is 10.8. The molecule has 0 aromatic heterocycles. The molecule has 0 bridgehead atoms. The first kappa shape index (κ1) is 14.7. The highest BCUT2D eigenvalue weighted by Gasteiger charge is 1.88. The predicted molar refractivity (Wildman–Crippen MR) is 68.4 cm³/mol. The van der Waals surface area contributed by atoms with E-state index in [4.69, 9.17) is 5.11 Å².